The standard InChI is InChI=1S/C11H14N2O/c1-13-9(7-12)5-8-3-4-10(14-2)6-11(8)13/h3-6H,7,12H2,1-2H3. The molecular formula is C11H14N2O. The average Bonchev–Trinajstić information content (AvgIpc) is 2.55. The van der Waals surface area contributed by atoms with Crippen molar-refractivity contribution in [3.63, 3.8) is 0 Å². The molecular weight excluding hydrogens is 176 g/mol. The number of ether oxygens (including phenoxy) is 1. The normalized spacial score (nSPS) is 10.8. The first-order valence-corrected chi connectivity index (χ1v) is 4.58. The third kappa shape index (κ3) is 1.26. The molecule has 0 radical (unpaired) electrons. The lowest BCUT2D eigenvalue weighted by atomic mass is 10.2. The number of nitrogens with zero attached hydrogens (tertiary/aromatic N) is 1. The monoisotopic (exact) mass is 190 g/mol. The highest BCUT2D eigenvalue weighted by atomic mass is 16.5. The number of methoxy groups -OCH3 is 1. The number of fused-ring (bicyclic) bond motifs is 1. The smallest absolute Gasteiger partial charge is 0.120 e. The summed E-state index contributed by atoms with van der Waals surface area (Å²) in [6.07, 6.45) is 0. The van der Waals surface area contributed by atoms with Gasteiger partial charge in [-0.05, 0) is 18.2 Å². The van der Waals surface area contributed by atoms with Gasteiger partial charge in [-0.15, -0.1) is 0 Å². The number of hydrogen-bond acceptors (Lipinski definition) is 2. The number of hydrogen-bond donors (Lipinski definition) is 1. The van der Waals surface area contributed by atoms with E-state index in [1.54, 1.807) is 7.11 Å². The minimum absolute atomic E-state index is 0.563. The second-order valence-electron chi connectivity index (χ2n) is 3.32. The van der Waals surface area contributed by atoms with Crippen molar-refractivity contribution in [3.8, 4) is 5.75 Å². The SMILES string of the molecule is COc1ccc2cc(CN)n(C)c2c1. The fourth-order valence-corrected chi connectivity index (χ4v) is 1.69. The summed E-state index contributed by atoms with van der Waals surface area (Å²) in [4.78, 5) is 0. The third-order valence-electron chi connectivity index (χ3n) is 2.56. The molecule has 3 heteroatoms. The second kappa shape index (κ2) is 3.35. The zero-order chi connectivity index (χ0) is 10.1. The van der Waals surface area contributed by atoms with Gasteiger partial charge in [-0.2, -0.15) is 0 Å². The predicted octanol–water partition coefficient (Wildman–Crippen LogP) is 1.65. The molecule has 0 saturated carbocycles. The number of aromatic nitrogens is 1. The van der Waals surface area contributed by atoms with Crippen molar-refractivity contribution in [1.82, 2.24) is 4.57 Å². The van der Waals surface area contributed by atoms with Crippen LogP contribution in [0, 0.1) is 0 Å². The van der Waals surface area contributed by atoms with Gasteiger partial charge in [0, 0.05) is 30.7 Å². The van der Waals surface area contributed by atoms with Gasteiger partial charge < -0.3 is 15.0 Å². The Morgan fingerprint density at radius 2 is 2.14 bits per heavy atom. The van der Waals surface area contributed by atoms with Crippen LogP contribution in [0.3, 0.4) is 0 Å². The highest BCUT2D eigenvalue weighted by molar-refractivity contribution is 5.82. The molecule has 0 aliphatic rings. The van der Waals surface area contributed by atoms with Crippen LogP contribution in [0.1, 0.15) is 5.69 Å². The number of rotatable bonds is 2. The molecule has 0 atom stereocenters. The van der Waals surface area contributed by atoms with Gasteiger partial charge in [0.15, 0.2) is 0 Å². The quantitative estimate of drug-likeness (QED) is 0.782. The number of benzene rings is 1. The summed E-state index contributed by atoms with van der Waals surface area (Å²) in [5.41, 5.74) is 7.92. The van der Waals surface area contributed by atoms with Crippen LogP contribution in [0.15, 0.2) is 24.3 Å². The highest BCUT2D eigenvalue weighted by Gasteiger charge is 2.04. The Kier molecular flexibility index (Phi) is 2.17. The van der Waals surface area contributed by atoms with Crippen LogP contribution in [0.4, 0.5) is 0 Å². The molecule has 1 heterocycles. The maximum atomic E-state index is 5.63. The molecule has 0 spiro atoms. The van der Waals surface area contributed by atoms with E-state index in [0.717, 1.165) is 17.0 Å². The summed E-state index contributed by atoms with van der Waals surface area (Å²) in [6.45, 7) is 0.563. The molecule has 0 aliphatic heterocycles. The van der Waals surface area contributed by atoms with Gasteiger partial charge in [-0.3, -0.25) is 0 Å². The van der Waals surface area contributed by atoms with Crippen LogP contribution >= 0.6 is 0 Å². The highest BCUT2D eigenvalue weighted by Crippen LogP contribution is 2.23. The lowest BCUT2D eigenvalue weighted by Crippen LogP contribution is -2.02. The largest absolute Gasteiger partial charge is 0.497 e. The van der Waals surface area contributed by atoms with E-state index in [-0.39, 0.29) is 0 Å². The number of nitrogens with two attached hydrogens (primary N) is 1. The molecule has 1 aromatic heterocycles. The topological polar surface area (TPSA) is 40.2 Å². The molecule has 3 nitrogen and oxygen atoms in total. The Balaban J connectivity index is 2.68. The molecule has 0 fully saturated rings. The van der Waals surface area contributed by atoms with Crippen LogP contribution < -0.4 is 10.5 Å². The summed E-state index contributed by atoms with van der Waals surface area (Å²) in [5, 5.41) is 1.20. The van der Waals surface area contributed by atoms with Crippen molar-refractivity contribution in [3.05, 3.63) is 30.0 Å². The van der Waals surface area contributed by atoms with Crippen molar-refractivity contribution in [2.75, 3.05) is 7.11 Å². The van der Waals surface area contributed by atoms with Crippen LogP contribution in [0.5, 0.6) is 5.75 Å². The first-order chi connectivity index (χ1) is 6.76. The maximum absolute atomic E-state index is 5.63. The van der Waals surface area contributed by atoms with E-state index in [4.69, 9.17) is 10.5 Å². The van der Waals surface area contributed by atoms with Crippen LogP contribution in [0.25, 0.3) is 10.9 Å². The summed E-state index contributed by atoms with van der Waals surface area (Å²) in [6, 6.07) is 8.14. The number of aryl methyl sites for hydroxylation is 1. The zero-order valence-corrected chi connectivity index (χ0v) is 8.45. The lowest BCUT2D eigenvalue weighted by molar-refractivity contribution is 0.415. The average molecular weight is 190 g/mol. The molecule has 2 rings (SSSR count). The van der Waals surface area contributed by atoms with Crippen molar-refractivity contribution in [1.29, 1.82) is 0 Å². The third-order valence-corrected chi connectivity index (χ3v) is 2.56. The van der Waals surface area contributed by atoms with Crippen LogP contribution in [-0.4, -0.2) is 11.7 Å². The van der Waals surface area contributed by atoms with E-state index in [2.05, 4.69) is 10.6 Å². The van der Waals surface area contributed by atoms with Crippen molar-refractivity contribution < 1.29 is 4.74 Å². The lowest BCUT2D eigenvalue weighted by Gasteiger charge is -2.02. The van der Waals surface area contributed by atoms with Crippen LogP contribution in [0.2, 0.25) is 0 Å². The maximum Gasteiger partial charge on any atom is 0.120 e. The van der Waals surface area contributed by atoms with E-state index < -0.39 is 0 Å². The van der Waals surface area contributed by atoms with Gasteiger partial charge in [0.1, 0.15) is 5.75 Å². The Morgan fingerprint density at radius 1 is 1.36 bits per heavy atom. The van der Waals surface area contributed by atoms with Gasteiger partial charge in [0.25, 0.3) is 0 Å². The zero-order valence-electron chi connectivity index (χ0n) is 8.45. The van der Waals surface area contributed by atoms with E-state index in [0.29, 0.717) is 6.54 Å². The van der Waals surface area contributed by atoms with Gasteiger partial charge >= 0.3 is 0 Å². The summed E-state index contributed by atoms with van der Waals surface area (Å²) in [7, 11) is 3.69. The summed E-state index contributed by atoms with van der Waals surface area (Å²) in [5.74, 6) is 0.877. The molecule has 0 aliphatic carbocycles. The summed E-state index contributed by atoms with van der Waals surface area (Å²) < 4.78 is 7.27. The van der Waals surface area contributed by atoms with Crippen LogP contribution in [-0.2, 0) is 13.6 Å². The van der Waals surface area contributed by atoms with Gasteiger partial charge in [0.2, 0.25) is 0 Å². The van der Waals surface area contributed by atoms with E-state index >= 15 is 0 Å². The fraction of sp³-hybridized carbons (Fsp3) is 0.273. The molecule has 1 aromatic carbocycles. The summed E-state index contributed by atoms with van der Waals surface area (Å²) >= 11 is 0. The van der Waals surface area contributed by atoms with Crippen molar-refractivity contribution >= 4 is 10.9 Å². The first-order valence-electron chi connectivity index (χ1n) is 4.58. The molecule has 0 saturated heterocycles. The Morgan fingerprint density at radius 3 is 2.79 bits per heavy atom. The molecule has 14 heavy (non-hydrogen) atoms. The van der Waals surface area contributed by atoms with E-state index in [9.17, 15) is 0 Å². The molecule has 2 N–H and O–H groups in total. The fourth-order valence-electron chi connectivity index (χ4n) is 1.69. The second-order valence-corrected chi connectivity index (χ2v) is 3.32. The van der Waals surface area contributed by atoms with Crippen molar-refractivity contribution in [2.45, 2.75) is 6.54 Å². The van der Waals surface area contributed by atoms with Crippen molar-refractivity contribution in [2.24, 2.45) is 12.8 Å². The Hall–Kier alpha value is -1.48. The minimum atomic E-state index is 0.563. The molecule has 2 aromatic rings. The van der Waals surface area contributed by atoms with Gasteiger partial charge in [0.05, 0.1) is 12.6 Å². The van der Waals surface area contributed by atoms with E-state index in [1.807, 2.05) is 25.2 Å². The Bertz CT molecular complexity index is 460. The minimum Gasteiger partial charge on any atom is -0.497 e. The predicted molar refractivity (Wildman–Crippen MR) is 57.4 cm³/mol. The molecule has 0 unspecified atom stereocenters. The first kappa shape index (κ1) is 9.09. The van der Waals surface area contributed by atoms with E-state index in [1.165, 1.54) is 5.39 Å². The molecule has 0 bridgehead atoms. The molecule has 74 valence electrons. The Labute approximate surface area is 83.1 Å². The molecule has 0 amide bonds. The van der Waals surface area contributed by atoms with Gasteiger partial charge in [-0.25, -0.2) is 0 Å². The van der Waals surface area contributed by atoms with Gasteiger partial charge in [-0.1, -0.05) is 0 Å².